The molecule has 1 saturated carbocycles. The molecule has 3 aromatic carbocycles. The third-order valence-electron chi connectivity index (χ3n) is 5.58. The maximum absolute atomic E-state index is 14.7. The van der Waals surface area contributed by atoms with Gasteiger partial charge in [-0.1, -0.05) is 43.3 Å². The Balaban J connectivity index is 1.75. The molecule has 0 unspecified atom stereocenters. The summed E-state index contributed by atoms with van der Waals surface area (Å²) in [5.41, 5.74) is -0.211. The molecule has 0 atom stereocenters. The monoisotopic (exact) mass is 393 g/mol. The lowest BCUT2D eigenvalue weighted by Crippen LogP contribution is -2.32. The van der Waals surface area contributed by atoms with E-state index in [9.17, 15) is 4.39 Å². The lowest BCUT2D eigenvalue weighted by atomic mass is 9.99. The second-order valence-electron chi connectivity index (χ2n) is 7.37. The van der Waals surface area contributed by atoms with E-state index in [1.165, 1.54) is 9.79 Å². The van der Waals surface area contributed by atoms with E-state index in [1.54, 1.807) is 6.07 Å². The fourth-order valence-corrected chi connectivity index (χ4v) is 6.09. The smallest absolute Gasteiger partial charge is 0.170 e. The number of halogens is 1. The van der Waals surface area contributed by atoms with Crippen LogP contribution in [0.15, 0.2) is 93.5 Å². The van der Waals surface area contributed by atoms with E-state index in [2.05, 4.69) is 55.5 Å². The van der Waals surface area contributed by atoms with Crippen LogP contribution in [0.3, 0.4) is 0 Å². The van der Waals surface area contributed by atoms with Gasteiger partial charge >= 0.3 is 0 Å². The Hall–Kier alpha value is -2.26. The van der Waals surface area contributed by atoms with E-state index >= 15 is 0 Å². The van der Waals surface area contributed by atoms with E-state index in [0.717, 1.165) is 37.0 Å². The number of ether oxygens (including phenoxy) is 1. The molecule has 1 nitrogen and oxygen atoms in total. The first-order valence-corrected chi connectivity index (χ1v) is 11.3. The number of rotatable bonds is 6. The van der Waals surface area contributed by atoms with E-state index in [0.29, 0.717) is 5.75 Å². The molecule has 28 heavy (non-hydrogen) atoms. The van der Waals surface area contributed by atoms with Crippen molar-refractivity contribution < 1.29 is 9.13 Å². The molecule has 0 heterocycles. The van der Waals surface area contributed by atoms with Crippen molar-refractivity contribution in [1.29, 1.82) is 0 Å². The van der Waals surface area contributed by atoms with Crippen LogP contribution in [-0.4, -0.2) is 5.60 Å². The molecule has 1 aliphatic carbocycles. The number of hydrogen-bond acceptors (Lipinski definition) is 1. The van der Waals surface area contributed by atoms with Crippen molar-refractivity contribution >= 4 is 10.9 Å². The standard InChI is InChI=1S/C25H26FOS/c1-2-25(17-9-10-18-25)27-24-19-22(15-16-23(24)26)28(20-11-5-3-6-12-20)21-13-7-4-8-14-21/h3-8,11-16,19H,2,9-10,17-18H2,1H3/q+1. The lowest BCUT2D eigenvalue weighted by Gasteiger charge is -2.29. The first kappa shape index (κ1) is 19.1. The molecule has 0 N–H and O–H groups in total. The highest BCUT2D eigenvalue weighted by Gasteiger charge is 2.36. The Bertz CT molecular complexity index is 865. The van der Waals surface area contributed by atoms with Crippen LogP contribution in [0.4, 0.5) is 4.39 Å². The van der Waals surface area contributed by atoms with Crippen LogP contribution in [0.5, 0.6) is 5.75 Å². The third kappa shape index (κ3) is 3.95. The highest BCUT2D eigenvalue weighted by Crippen LogP contribution is 2.39. The molecule has 1 fully saturated rings. The zero-order valence-corrected chi connectivity index (χ0v) is 17.1. The molecule has 0 bridgehead atoms. The van der Waals surface area contributed by atoms with E-state index < -0.39 is 0 Å². The summed E-state index contributed by atoms with van der Waals surface area (Å²) < 4.78 is 21.0. The van der Waals surface area contributed by atoms with Gasteiger partial charge in [-0.3, -0.25) is 0 Å². The first-order valence-electron chi connectivity index (χ1n) is 10.0. The van der Waals surface area contributed by atoms with Crippen LogP contribution >= 0.6 is 0 Å². The molecule has 0 saturated heterocycles. The van der Waals surface area contributed by atoms with Gasteiger partial charge in [0, 0.05) is 6.07 Å². The molecule has 144 valence electrons. The van der Waals surface area contributed by atoms with Crippen LogP contribution in [0.1, 0.15) is 39.0 Å². The zero-order valence-electron chi connectivity index (χ0n) is 16.2. The summed E-state index contributed by atoms with van der Waals surface area (Å²) in [6, 6.07) is 26.3. The van der Waals surface area contributed by atoms with Crippen molar-refractivity contribution in [2.24, 2.45) is 0 Å². The van der Waals surface area contributed by atoms with Crippen molar-refractivity contribution in [1.82, 2.24) is 0 Å². The minimum absolute atomic E-state index is 0.211. The first-order chi connectivity index (χ1) is 13.7. The average molecular weight is 394 g/mol. The van der Waals surface area contributed by atoms with Crippen molar-refractivity contribution in [3.63, 3.8) is 0 Å². The van der Waals surface area contributed by atoms with E-state index in [-0.39, 0.29) is 22.3 Å². The van der Waals surface area contributed by atoms with Gasteiger partial charge in [-0.15, -0.1) is 0 Å². The molecule has 0 aromatic heterocycles. The summed E-state index contributed by atoms with van der Waals surface area (Å²) in [5, 5.41) is 0. The maximum Gasteiger partial charge on any atom is 0.170 e. The normalized spacial score (nSPS) is 15.7. The molecule has 1 aliphatic rings. The Kier molecular flexibility index (Phi) is 5.72. The molecule has 0 aliphatic heterocycles. The highest BCUT2D eigenvalue weighted by molar-refractivity contribution is 7.97. The molecule has 3 heteroatoms. The minimum atomic E-state index is -0.298. The predicted molar refractivity (Wildman–Crippen MR) is 114 cm³/mol. The van der Waals surface area contributed by atoms with Crippen LogP contribution in [0.2, 0.25) is 0 Å². The Morgan fingerprint density at radius 2 is 1.39 bits per heavy atom. The van der Waals surface area contributed by atoms with Crippen LogP contribution < -0.4 is 4.74 Å². The van der Waals surface area contributed by atoms with Gasteiger partial charge in [-0.25, -0.2) is 4.39 Å². The number of benzene rings is 3. The Morgan fingerprint density at radius 1 is 0.821 bits per heavy atom. The third-order valence-corrected chi connectivity index (χ3v) is 7.79. The number of hydrogen-bond donors (Lipinski definition) is 0. The summed E-state index contributed by atoms with van der Waals surface area (Å²) in [6.07, 6.45) is 5.26. The van der Waals surface area contributed by atoms with Crippen LogP contribution in [-0.2, 0) is 10.9 Å². The predicted octanol–water partition coefficient (Wildman–Crippen LogP) is 7.02. The van der Waals surface area contributed by atoms with Gasteiger partial charge in [0.25, 0.3) is 0 Å². The molecular weight excluding hydrogens is 367 g/mol. The largest absolute Gasteiger partial charge is 0.484 e. The minimum Gasteiger partial charge on any atom is -0.484 e. The van der Waals surface area contributed by atoms with Crippen molar-refractivity contribution in [3.8, 4) is 5.75 Å². The Morgan fingerprint density at radius 3 is 1.93 bits per heavy atom. The summed E-state index contributed by atoms with van der Waals surface area (Å²) in [4.78, 5) is 3.52. The van der Waals surface area contributed by atoms with Crippen molar-refractivity contribution in [2.45, 2.75) is 59.3 Å². The summed E-state index contributed by atoms with van der Waals surface area (Å²) in [6.45, 7) is 2.14. The average Bonchev–Trinajstić information content (AvgIpc) is 3.21. The molecule has 3 aromatic rings. The fraction of sp³-hybridized carbons (Fsp3) is 0.280. The second kappa shape index (κ2) is 8.40. The second-order valence-corrected chi connectivity index (χ2v) is 9.40. The maximum atomic E-state index is 14.7. The molecule has 0 radical (unpaired) electrons. The van der Waals surface area contributed by atoms with Gasteiger partial charge in [0.05, 0.1) is 10.9 Å². The summed E-state index contributed by atoms with van der Waals surface area (Å²) >= 11 is 0. The highest BCUT2D eigenvalue weighted by atomic mass is 32.2. The van der Waals surface area contributed by atoms with Crippen LogP contribution in [0.25, 0.3) is 0 Å². The SMILES string of the molecule is CCC1(Oc2cc([S+](c3ccccc3)c3ccccc3)ccc2F)CCCC1. The quantitative estimate of drug-likeness (QED) is 0.409. The zero-order chi connectivity index (χ0) is 19.4. The molecule has 4 rings (SSSR count). The van der Waals surface area contributed by atoms with E-state index in [1.807, 2.05) is 24.3 Å². The van der Waals surface area contributed by atoms with Gasteiger partial charge in [-0.05, 0) is 68.5 Å². The van der Waals surface area contributed by atoms with Gasteiger partial charge in [0.15, 0.2) is 26.3 Å². The fourth-order valence-electron chi connectivity index (χ4n) is 3.99. The van der Waals surface area contributed by atoms with Gasteiger partial charge < -0.3 is 4.74 Å². The molecule has 0 amide bonds. The van der Waals surface area contributed by atoms with Gasteiger partial charge in [-0.2, -0.15) is 0 Å². The summed E-state index contributed by atoms with van der Waals surface area (Å²) in [5.74, 6) is 0.124. The Labute approximate surface area is 169 Å². The van der Waals surface area contributed by atoms with E-state index in [4.69, 9.17) is 4.74 Å². The lowest BCUT2D eigenvalue weighted by molar-refractivity contribution is 0.0670. The summed E-state index contributed by atoms with van der Waals surface area (Å²) in [7, 11) is -0.298. The molecular formula is C25H26FOS+. The van der Waals surface area contributed by atoms with Crippen molar-refractivity contribution in [3.05, 3.63) is 84.7 Å². The van der Waals surface area contributed by atoms with Crippen LogP contribution in [0, 0.1) is 5.82 Å². The van der Waals surface area contributed by atoms with Gasteiger partial charge in [0.1, 0.15) is 5.60 Å². The molecule has 0 spiro atoms. The van der Waals surface area contributed by atoms with Gasteiger partial charge in [0.2, 0.25) is 0 Å². The topological polar surface area (TPSA) is 9.23 Å². The van der Waals surface area contributed by atoms with Crippen molar-refractivity contribution in [2.75, 3.05) is 0 Å².